The van der Waals surface area contributed by atoms with Crippen molar-refractivity contribution in [2.45, 2.75) is 6.42 Å². The van der Waals surface area contributed by atoms with E-state index in [1.165, 1.54) is 0 Å². The van der Waals surface area contributed by atoms with E-state index in [2.05, 4.69) is 10.1 Å². The van der Waals surface area contributed by atoms with Gasteiger partial charge in [0.2, 0.25) is 11.7 Å². The number of anilines is 1. The minimum absolute atomic E-state index is 0.442. The molecule has 4 rings (SSSR count). The van der Waals surface area contributed by atoms with Crippen molar-refractivity contribution >= 4 is 17.3 Å². The second-order valence-electron chi connectivity index (χ2n) is 5.43. The van der Waals surface area contributed by atoms with E-state index >= 15 is 0 Å². The van der Waals surface area contributed by atoms with Crippen molar-refractivity contribution in [2.24, 2.45) is 0 Å². The smallest absolute Gasteiger partial charge is 0.231 e. The van der Waals surface area contributed by atoms with Crippen molar-refractivity contribution in [1.29, 1.82) is 0 Å². The van der Waals surface area contributed by atoms with Crippen LogP contribution in [-0.2, 0) is 6.42 Å². The average molecular weight is 305 g/mol. The number of para-hydroxylation sites is 1. The van der Waals surface area contributed by atoms with Gasteiger partial charge in [-0.15, -0.1) is 0 Å². The van der Waals surface area contributed by atoms with Gasteiger partial charge in [-0.05, 0) is 29.8 Å². The number of hydrogen-bond donors (Lipinski definition) is 1. The van der Waals surface area contributed by atoms with Gasteiger partial charge in [0.25, 0.3) is 0 Å². The van der Waals surface area contributed by atoms with Crippen LogP contribution in [0.2, 0.25) is 0 Å². The van der Waals surface area contributed by atoms with Gasteiger partial charge in [-0.1, -0.05) is 35.5 Å². The maximum Gasteiger partial charge on any atom is 0.231 e. The van der Waals surface area contributed by atoms with E-state index < -0.39 is 0 Å². The van der Waals surface area contributed by atoms with Crippen molar-refractivity contribution in [3.05, 3.63) is 71.4 Å². The Labute approximate surface area is 133 Å². The van der Waals surface area contributed by atoms with Gasteiger partial charge < -0.3 is 15.0 Å². The Morgan fingerprint density at radius 3 is 2.74 bits per heavy atom. The van der Waals surface area contributed by atoms with Crippen LogP contribution >= 0.6 is 0 Å². The molecule has 0 aliphatic carbocycles. The van der Waals surface area contributed by atoms with Gasteiger partial charge in [-0.2, -0.15) is 4.98 Å². The summed E-state index contributed by atoms with van der Waals surface area (Å²) in [6.07, 6.45) is 2.62. The zero-order valence-corrected chi connectivity index (χ0v) is 12.4. The second kappa shape index (κ2) is 5.61. The van der Waals surface area contributed by atoms with Crippen LogP contribution in [-0.4, -0.2) is 16.7 Å². The van der Waals surface area contributed by atoms with Crippen LogP contribution < -0.4 is 10.5 Å². The lowest BCUT2D eigenvalue weighted by Crippen LogP contribution is -2.07. The fraction of sp³-hybridized carbons (Fsp3) is 0.111. The topological polar surface area (TPSA) is 74.2 Å². The molecule has 0 saturated heterocycles. The van der Waals surface area contributed by atoms with Crippen LogP contribution in [0.25, 0.3) is 11.6 Å². The highest BCUT2D eigenvalue weighted by Crippen LogP contribution is 2.29. The Morgan fingerprint density at radius 1 is 1.04 bits per heavy atom. The maximum absolute atomic E-state index is 5.73. The minimum atomic E-state index is 0.442. The molecule has 0 fully saturated rings. The van der Waals surface area contributed by atoms with Gasteiger partial charge in [0, 0.05) is 16.8 Å². The fourth-order valence-corrected chi connectivity index (χ4v) is 2.51. The second-order valence-corrected chi connectivity index (χ2v) is 5.43. The standard InChI is InChI=1S/C18H15N3O2/c19-15-7-5-12(6-8-15)9-17-20-18(21-23-17)14-10-13-3-1-2-4-16(13)22-11-14/h1-8,10H,9,11,19H2. The normalized spacial score (nSPS) is 13.1. The fourth-order valence-electron chi connectivity index (χ4n) is 2.51. The van der Waals surface area contributed by atoms with Crippen LogP contribution in [0.5, 0.6) is 5.75 Å². The van der Waals surface area contributed by atoms with Gasteiger partial charge in [0.15, 0.2) is 0 Å². The number of nitrogen functional groups attached to an aromatic ring is 1. The first-order valence-electron chi connectivity index (χ1n) is 7.38. The average Bonchev–Trinajstić information content (AvgIpc) is 3.05. The van der Waals surface area contributed by atoms with Crippen LogP contribution in [0.15, 0.2) is 53.1 Å². The molecule has 2 aromatic carbocycles. The third-order valence-electron chi connectivity index (χ3n) is 3.72. The Hall–Kier alpha value is -3.08. The lowest BCUT2D eigenvalue weighted by Gasteiger charge is -2.15. The predicted octanol–water partition coefficient (Wildman–Crippen LogP) is 3.18. The summed E-state index contributed by atoms with van der Waals surface area (Å²) in [7, 11) is 0. The lowest BCUT2D eigenvalue weighted by molar-refractivity contribution is 0.360. The van der Waals surface area contributed by atoms with E-state index in [4.69, 9.17) is 15.0 Å². The maximum atomic E-state index is 5.73. The van der Waals surface area contributed by atoms with Crippen molar-refractivity contribution < 1.29 is 9.26 Å². The Balaban J connectivity index is 1.57. The third kappa shape index (κ3) is 2.81. The highest BCUT2D eigenvalue weighted by Gasteiger charge is 2.17. The zero-order chi connectivity index (χ0) is 15.6. The number of benzene rings is 2. The molecular formula is C18H15N3O2. The van der Waals surface area contributed by atoms with E-state index in [-0.39, 0.29) is 0 Å². The largest absolute Gasteiger partial charge is 0.488 e. The Kier molecular flexibility index (Phi) is 3.31. The SMILES string of the molecule is Nc1ccc(Cc2nc(C3=Cc4ccccc4OC3)no2)cc1. The molecule has 5 heteroatoms. The molecule has 1 aliphatic heterocycles. The summed E-state index contributed by atoms with van der Waals surface area (Å²) in [6, 6.07) is 15.5. The van der Waals surface area contributed by atoms with Crippen LogP contribution in [0.4, 0.5) is 5.69 Å². The van der Waals surface area contributed by atoms with E-state index in [9.17, 15) is 0 Å². The number of nitrogens with two attached hydrogens (primary N) is 1. The molecule has 1 aliphatic rings. The monoisotopic (exact) mass is 305 g/mol. The molecule has 0 spiro atoms. The number of ether oxygens (including phenoxy) is 1. The number of nitrogens with zero attached hydrogens (tertiary/aromatic N) is 2. The van der Waals surface area contributed by atoms with E-state index in [0.29, 0.717) is 24.7 Å². The predicted molar refractivity (Wildman–Crippen MR) is 87.8 cm³/mol. The molecule has 0 unspecified atom stereocenters. The molecule has 114 valence electrons. The minimum Gasteiger partial charge on any atom is -0.488 e. The van der Waals surface area contributed by atoms with Crippen molar-refractivity contribution in [1.82, 2.24) is 10.1 Å². The zero-order valence-electron chi connectivity index (χ0n) is 12.4. The van der Waals surface area contributed by atoms with Crippen LogP contribution in [0.3, 0.4) is 0 Å². The highest BCUT2D eigenvalue weighted by molar-refractivity contribution is 5.83. The Bertz CT molecular complexity index is 866. The van der Waals surface area contributed by atoms with E-state index in [1.54, 1.807) is 0 Å². The number of rotatable bonds is 3. The van der Waals surface area contributed by atoms with Gasteiger partial charge in [-0.3, -0.25) is 0 Å². The summed E-state index contributed by atoms with van der Waals surface area (Å²) in [5.74, 6) is 2.02. The van der Waals surface area contributed by atoms with Gasteiger partial charge in [0.05, 0.1) is 6.42 Å². The molecule has 0 saturated carbocycles. The third-order valence-corrected chi connectivity index (χ3v) is 3.72. The molecule has 3 aromatic rings. The summed E-state index contributed by atoms with van der Waals surface area (Å²) < 4.78 is 11.1. The summed E-state index contributed by atoms with van der Waals surface area (Å²) in [5, 5.41) is 4.07. The molecule has 0 amide bonds. The first kappa shape index (κ1) is 13.6. The van der Waals surface area contributed by atoms with Crippen molar-refractivity contribution in [2.75, 3.05) is 12.3 Å². The number of aromatic nitrogens is 2. The molecule has 1 aromatic heterocycles. The summed E-state index contributed by atoms with van der Waals surface area (Å²) in [4.78, 5) is 4.47. The molecule has 0 radical (unpaired) electrons. The first-order valence-corrected chi connectivity index (χ1v) is 7.38. The van der Waals surface area contributed by atoms with Crippen LogP contribution in [0.1, 0.15) is 22.8 Å². The molecule has 0 atom stereocenters. The highest BCUT2D eigenvalue weighted by atomic mass is 16.5. The molecular weight excluding hydrogens is 290 g/mol. The van der Waals surface area contributed by atoms with Crippen LogP contribution in [0, 0.1) is 0 Å². The quantitative estimate of drug-likeness (QED) is 0.752. The lowest BCUT2D eigenvalue weighted by atomic mass is 10.1. The summed E-state index contributed by atoms with van der Waals surface area (Å²) >= 11 is 0. The van der Waals surface area contributed by atoms with E-state index in [0.717, 1.165) is 28.1 Å². The molecule has 2 heterocycles. The number of hydrogen-bond acceptors (Lipinski definition) is 5. The molecule has 2 N–H and O–H groups in total. The van der Waals surface area contributed by atoms with Crippen molar-refractivity contribution in [3.8, 4) is 5.75 Å². The van der Waals surface area contributed by atoms with E-state index in [1.807, 2.05) is 54.6 Å². The van der Waals surface area contributed by atoms with Crippen molar-refractivity contribution in [3.63, 3.8) is 0 Å². The van der Waals surface area contributed by atoms with Gasteiger partial charge >= 0.3 is 0 Å². The molecule has 23 heavy (non-hydrogen) atoms. The first-order chi connectivity index (χ1) is 11.3. The number of fused-ring (bicyclic) bond motifs is 1. The summed E-state index contributed by atoms with van der Waals surface area (Å²) in [5.41, 5.74) is 9.44. The van der Waals surface area contributed by atoms with Gasteiger partial charge in [0.1, 0.15) is 12.4 Å². The van der Waals surface area contributed by atoms with Gasteiger partial charge in [-0.25, -0.2) is 0 Å². The summed E-state index contributed by atoms with van der Waals surface area (Å²) in [6.45, 7) is 0.442. The Morgan fingerprint density at radius 2 is 1.87 bits per heavy atom. The molecule has 0 bridgehead atoms. The molecule has 5 nitrogen and oxygen atoms in total.